The van der Waals surface area contributed by atoms with E-state index in [9.17, 15) is 4.39 Å². The van der Waals surface area contributed by atoms with Crippen molar-refractivity contribution in [2.45, 2.75) is 26.1 Å². The monoisotopic (exact) mass is 337 g/mol. The van der Waals surface area contributed by atoms with Gasteiger partial charge in [-0.25, -0.2) is 4.39 Å². The third kappa shape index (κ3) is 3.07. The van der Waals surface area contributed by atoms with Crippen LogP contribution in [-0.2, 0) is 4.74 Å². The van der Waals surface area contributed by atoms with Crippen LogP contribution in [0.1, 0.15) is 13.8 Å². The highest BCUT2D eigenvalue weighted by molar-refractivity contribution is 6.00. The van der Waals surface area contributed by atoms with Gasteiger partial charge in [-0.05, 0) is 38.1 Å². The summed E-state index contributed by atoms with van der Waals surface area (Å²) in [4.78, 5) is 2.24. The van der Waals surface area contributed by atoms with Gasteiger partial charge >= 0.3 is 0 Å². The summed E-state index contributed by atoms with van der Waals surface area (Å²) in [6.45, 7) is 5.73. The Morgan fingerprint density at radius 2 is 1.56 bits per heavy atom. The standard InChI is InChI=1S/C20H20FN3O/c1-13-11-24(12-14(2)25-13)20-18-6-4-3-5-17(18)19(22-23-20)15-7-9-16(21)10-8-15/h3-10,13-14H,11-12H2,1-2H3/t13-,14-/m1/s1. The molecule has 5 heteroatoms. The quantitative estimate of drug-likeness (QED) is 0.707. The van der Waals surface area contributed by atoms with Crippen molar-refractivity contribution in [1.82, 2.24) is 10.2 Å². The Kier molecular flexibility index (Phi) is 4.09. The fourth-order valence-corrected chi connectivity index (χ4v) is 3.50. The summed E-state index contributed by atoms with van der Waals surface area (Å²) in [5.41, 5.74) is 1.63. The lowest BCUT2D eigenvalue weighted by molar-refractivity contribution is -0.00540. The SMILES string of the molecule is C[C@@H]1CN(c2nnc(-c3ccc(F)cc3)c3ccccc23)C[C@@H](C)O1. The first-order valence-electron chi connectivity index (χ1n) is 8.53. The van der Waals surface area contributed by atoms with Gasteiger partial charge in [-0.1, -0.05) is 24.3 Å². The molecule has 0 radical (unpaired) electrons. The van der Waals surface area contributed by atoms with Gasteiger partial charge in [-0.3, -0.25) is 0 Å². The molecule has 25 heavy (non-hydrogen) atoms. The topological polar surface area (TPSA) is 38.2 Å². The van der Waals surface area contributed by atoms with Gasteiger partial charge in [0.05, 0.1) is 12.2 Å². The van der Waals surface area contributed by atoms with Gasteiger partial charge in [0, 0.05) is 29.4 Å². The van der Waals surface area contributed by atoms with Crippen LogP contribution in [0, 0.1) is 5.82 Å². The lowest BCUT2D eigenvalue weighted by Crippen LogP contribution is -2.46. The molecular formula is C20H20FN3O. The van der Waals surface area contributed by atoms with Crippen LogP contribution >= 0.6 is 0 Å². The second-order valence-electron chi connectivity index (χ2n) is 6.59. The fraction of sp³-hybridized carbons (Fsp3) is 0.300. The zero-order valence-electron chi connectivity index (χ0n) is 14.3. The smallest absolute Gasteiger partial charge is 0.159 e. The summed E-state index contributed by atoms with van der Waals surface area (Å²) in [6, 6.07) is 14.5. The molecule has 2 atom stereocenters. The number of aromatic nitrogens is 2. The minimum absolute atomic E-state index is 0.154. The second-order valence-corrected chi connectivity index (χ2v) is 6.59. The summed E-state index contributed by atoms with van der Waals surface area (Å²) in [5, 5.41) is 11.1. The highest BCUT2D eigenvalue weighted by Crippen LogP contribution is 2.32. The zero-order chi connectivity index (χ0) is 17.4. The van der Waals surface area contributed by atoms with E-state index >= 15 is 0 Å². The molecule has 0 bridgehead atoms. The average molecular weight is 337 g/mol. The number of anilines is 1. The summed E-state index contributed by atoms with van der Waals surface area (Å²) >= 11 is 0. The Morgan fingerprint density at radius 3 is 2.24 bits per heavy atom. The molecule has 2 aromatic carbocycles. The lowest BCUT2D eigenvalue weighted by atomic mass is 10.0. The molecule has 0 aliphatic carbocycles. The van der Waals surface area contributed by atoms with E-state index in [4.69, 9.17) is 4.74 Å². The third-order valence-corrected chi connectivity index (χ3v) is 4.50. The zero-order valence-corrected chi connectivity index (χ0v) is 14.3. The third-order valence-electron chi connectivity index (χ3n) is 4.50. The van der Waals surface area contributed by atoms with Crippen LogP contribution in [0.15, 0.2) is 48.5 Å². The van der Waals surface area contributed by atoms with E-state index in [2.05, 4.69) is 35.0 Å². The Morgan fingerprint density at radius 1 is 0.920 bits per heavy atom. The number of hydrogen-bond acceptors (Lipinski definition) is 4. The lowest BCUT2D eigenvalue weighted by Gasteiger charge is -2.36. The molecule has 0 amide bonds. The molecule has 128 valence electrons. The molecule has 0 N–H and O–H groups in total. The Hall–Kier alpha value is -2.53. The number of nitrogens with zero attached hydrogens (tertiary/aromatic N) is 3. The Bertz CT molecular complexity index is 887. The number of benzene rings is 2. The Balaban J connectivity index is 1.83. The molecule has 4 nitrogen and oxygen atoms in total. The van der Waals surface area contributed by atoms with Crippen LogP contribution < -0.4 is 4.90 Å². The number of hydrogen-bond donors (Lipinski definition) is 0. The van der Waals surface area contributed by atoms with Crippen molar-refractivity contribution in [3.05, 3.63) is 54.3 Å². The summed E-state index contributed by atoms with van der Waals surface area (Å²) in [6.07, 6.45) is 0.308. The van der Waals surface area contributed by atoms with Gasteiger partial charge < -0.3 is 9.64 Å². The van der Waals surface area contributed by atoms with Crippen LogP contribution in [0.25, 0.3) is 22.0 Å². The molecule has 1 aliphatic rings. The molecule has 0 unspecified atom stereocenters. The first-order chi connectivity index (χ1) is 12.1. The molecule has 4 rings (SSSR count). The molecule has 1 aromatic heterocycles. The maximum atomic E-state index is 13.2. The van der Waals surface area contributed by atoms with Gasteiger partial charge in [0.2, 0.25) is 0 Å². The summed E-state index contributed by atoms with van der Waals surface area (Å²) in [5.74, 6) is 0.623. The van der Waals surface area contributed by atoms with Gasteiger partial charge in [-0.2, -0.15) is 0 Å². The van der Waals surface area contributed by atoms with Crippen LogP contribution in [-0.4, -0.2) is 35.5 Å². The molecular weight excluding hydrogens is 317 g/mol. The van der Waals surface area contributed by atoms with Crippen molar-refractivity contribution in [2.75, 3.05) is 18.0 Å². The van der Waals surface area contributed by atoms with Crippen molar-refractivity contribution < 1.29 is 9.13 Å². The molecule has 0 saturated carbocycles. The van der Waals surface area contributed by atoms with Crippen molar-refractivity contribution in [2.24, 2.45) is 0 Å². The highest BCUT2D eigenvalue weighted by atomic mass is 19.1. The number of halogens is 1. The molecule has 1 saturated heterocycles. The average Bonchev–Trinajstić information content (AvgIpc) is 2.61. The predicted molar refractivity (Wildman–Crippen MR) is 97.2 cm³/mol. The van der Waals surface area contributed by atoms with Crippen molar-refractivity contribution in [3.63, 3.8) is 0 Å². The largest absolute Gasteiger partial charge is 0.372 e. The minimum atomic E-state index is -0.256. The minimum Gasteiger partial charge on any atom is -0.372 e. The van der Waals surface area contributed by atoms with E-state index in [1.807, 2.05) is 18.2 Å². The van der Waals surface area contributed by atoms with E-state index in [1.165, 1.54) is 12.1 Å². The highest BCUT2D eigenvalue weighted by Gasteiger charge is 2.25. The summed E-state index contributed by atoms with van der Waals surface area (Å²) < 4.78 is 19.1. The second kappa shape index (κ2) is 6.41. The van der Waals surface area contributed by atoms with Crippen molar-refractivity contribution >= 4 is 16.6 Å². The first-order valence-corrected chi connectivity index (χ1v) is 8.53. The number of rotatable bonds is 2. The molecule has 1 fully saturated rings. The predicted octanol–water partition coefficient (Wildman–Crippen LogP) is 4.05. The van der Waals surface area contributed by atoms with E-state index in [0.717, 1.165) is 40.9 Å². The number of morpholine rings is 1. The van der Waals surface area contributed by atoms with Gasteiger partial charge in [0.1, 0.15) is 11.5 Å². The first kappa shape index (κ1) is 16.0. The van der Waals surface area contributed by atoms with Gasteiger partial charge in [0.15, 0.2) is 5.82 Å². The molecule has 3 aromatic rings. The van der Waals surface area contributed by atoms with Crippen LogP contribution in [0.4, 0.5) is 10.2 Å². The van der Waals surface area contributed by atoms with E-state index in [0.29, 0.717) is 0 Å². The molecule has 2 heterocycles. The van der Waals surface area contributed by atoms with E-state index in [1.54, 1.807) is 12.1 Å². The van der Waals surface area contributed by atoms with Crippen LogP contribution in [0.2, 0.25) is 0 Å². The van der Waals surface area contributed by atoms with Crippen LogP contribution in [0.3, 0.4) is 0 Å². The van der Waals surface area contributed by atoms with Gasteiger partial charge in [0.25, 0.3) is 0 Å². The maximum Gasteiger partial charge on any atom is 0.159 e. The van der Waals surface area contributed by atoms with Crippen molar-refractivity contribution in [1.29, 1.82) is 0 Å². The van der Waals surface area contributed by atoms with Gasteiger partial charge in [-0.15, -0.1) is 10.2 Å². The molecule has 1 aliphatic heterocycles. The number of fused-ring (bicyclic) bond motifs is 1. The molecule has 0 spiro atoms. The van der Waals surface area contributed by atoms with E-state index < -0.39 is 0 Å². The fourth-order valence-electron chi connectivity index (χ4n) is 3.50. The Labute approximate surface area is 146 Å². The summed E-state index contributed by atoms with van der Waals surface area (Å²) in [7, 11) is 0. The van der Waals surface area contributed by atoms with Crippen molar-refractivity contribution in [3.8, 4) is 11.3 Å². The normalized spacial score (nSPS) is 20.8. The number of ether oxygens (including phenoxy) is 1. The van der Waals surface area contributed by atoms with Crippen LogP contribution in [0.5, 0.6) is 0 Å². The van der Waals surface area contributed by atoms with E-state index in [-0.39, 0.29) is 18.0 Å². The maximum absolute atomic E-state index is 13.2.